The number of hydrogen-bond acceptors (Lipinski definition) is 2. The Labute approximate surface area is 117 Å². The Hall–Kier alpha value is -2.11. The fraction of sp³-hybridized carbons (Fsp3) is 0.429. The first-order valence-corrected chi connectivity index (χ1v) is 6.19. The molecule has 0 radical (unpaired) electrons. The molecular formula is C14H19FN2O3. The van der Waals surface area contributed by atoms with Crippen molar-refractivity contribution in [1.82, 2.24) is 10.2 Å². The molecule has 0 aromatic heterocycles. The lowest BCUT2D eigenvalue weighted by molar-refractivity contribution is -0.138. The van der Waals surface area contributed by atoms with E-state index in [-0.39, 0.29) is 18.8 Å². The van der Waals surface area contributed by atoms with Gasteiger partial charge in [0.05, 0.1) is 6.42 Å². The van der Waals surface area contributed by atoms with Crippen LogP contribution in [0, 0.1) is 5.82 Å². The molecule has 2 amide bonds. The van der Waals surface area contributed by atoms with Crippen molar-refractivity contribution in [3.8, 4) is 0 Å². The number of aliphatic carboxylic acids is 1. The normalized spacial score (nSPS) is 11.0. The lowest BCUT2D eigenvalue weighted by Gasteiger charge is -2.28. The number of urea groups is 1. The summed E-state index contributed by atoms with van der Waals surface area (Å²) in [6, 6.07) is 5.58. The van der Waals surface area contributed by atoms with Crippen LogP contribution in [0.5, 0.6) is 0 Å². The summed E-state index contributed by atoms with van der Waals surface area (Å²) in [5.74, 6) is -1.34. The minimum Gasteiger partial charge on any atom is -0.481 e. The molecule has 1 rings (SSSR count). The van der Waals surface area contributed by atoms with E-state index in [1.54, 1.807) is 33.0 Å². The first-order chi connectivity index (χ1) is 9.19. The molecule has 0 saturated heterocycles. The van der Waals surface area contributed by atoms with Crippen molar-refractivity contribution in [3.63, 3.8) is 0 Å². The Bertz CT molecular complexity index is 503. The highest BCUT2D eigenvalue weighted by molar-refractivity contribution is 5.76. The summed E-state index contributed by atoms with van der Waals surface area (Å²) in [7, 11) is 1.57. The minimum atomic E-state index is -0.983. The van der Waals surface area contributed by atoms with Crippen LogP contribution in [0.4, 0.5) is 9.18 Å². The third-order valence-corrected chi connectivity index (χ3v) is 2.69. The number of carboxylic acid groups (broad SMARTS) is 1. The van der Waals surface area contributed by atoms with Gasteiger partial charge in [-0.1, -0.05) is 12.1 Å². The van der Waals surface area contributed by atoms with Gasteiger partial charge in [0.1, 0.15) is 5.82 Å². The van der Waals surface area contributed by atoms with Crippen LogP contribution in [-0.4, -0.2) is 34.6 Å². The molecule has 0 aliphatic carbocycles. The maximum Gasteiger partial charge on any atom is 0.317 e. The topological polar surface area (TPSA) is 69.6 Å². The number of benzene rings is 1. The number of nitrogens with zero attached hydrogens (tertiary/aromatic N) is 1. The molecule has 1 aromatic rings. The largest absolute Gasteiger partial charge is 0.481 e. The molecule has 2 N–H and O–H groups in total. The Morgan fingerprint density at radius 1 is 1.40 bits per heavy atom. The van der Waals surface area contributed by atoms with Crippen LogP contribution >= 0.6 is 0 Å². The van der Waals surface area contributed by atoms with E-state index in [9.17, 15) is 14.0 Å². The monoisotopic (exact) mass is 282 g/mol. The number of halogens is 1. The van der Waals surface area contributed by atoms with Gasteiger partial charge in [-0.25, -0.2) is 9.18 Å². The van der Waals surface area contributed by atoms with Crippen molar-refractivity contribution >= 4 is 12.0 Å². The van der Waals surface area contributed by atoms with Crippen LogP contribution in [-0.2, 0) is 11.3 Å². The summed E-state index contributed by atoms with van der Waals surface area (Å²) in [5, 5.41) is 11.4. The standard InChI is InChI=1S/C14H19FN2O3/c1-14(2,8-12(18)19)16-13(20)17(3)9-10-5-4-6-11(15)7-10/h4-7H,8-9H2,1-3H3,(H,16,20)(H,18,19). The number of nitrogens with one attached hydrogen (secondary N) is 1. The molecule has 0 heterocycles. The maximum atomic E-state index is 13.0. The van der Waals surface area contributed by atoms with Crippen LogP contribution in [0.1, 0.15) is 25.8 Å². The second-order valence-electron chi connectivity index (χ2n) is 5.37. The molecule has 6 heteroatoms. The van der Waals surface area contributed by atoms with Gasteiger partial charge in [0.25, 0.3) is 0 Å². The van der Waals surface area contributed by atoms with Gasteiger partial charge in [-0.15, -0.1) is 0 Å². The van der Waals surface area contributed by atoms with Crippen molar-refractivity contribution < 1.29 is 19.1 Å². The van der Waals surface area contributed by atoms with E-state index in [4.69, 9.17) is 5.11 Å². The van der Waals surface area contributed by atoms with E-state index in [0.29, 0.717) is 5.56 Å². The first kappa shape index (κ1) is 15.9. The Morgan fingerprint density at radius 3 is 2.60 bits per heavy atom. The molecule has 1 aromatic carbocycles. The zero-order chi connectivity index (χ0) is 15.3. The minimum absolute atomic E-state index is 0.174. The molecule has 0 atom stereocenters. The average molecular weight is 282 g/mol. The second-order valence-corrected chi connectivity index (χ2v) is 5.37. The Kier molecular flexibility index (Phi) is 5.07. The first-order valence-electron chi connectivity index (χ1n) is 6.19. The van der Waals surface area contributed by atoms with Gasteiger partial charge in [0.2, 0.25) is 0 Å². The highest BCUT2D eigenvalue weighted by atomic mass is 19.1. The third kappa shape index (κ3) is 5.26. The summed E-state index contributed by atoms with van der Waals surface area (Å²) < 4.78 is 13.0. The van der Waals surface area contributed by atoms with Gasteiger partial charge in [-0.3, -0.25) is 4.79 Å². The molecule has 20 heavy (non-hydrogen) atoms. The number of rotatable bonds is 5. The Morgan fingerprint density at radius 2 is 2.05 bits per heavy atom. The molecule has 0 aliphatic rings. The number of carbonyl (C=O) groups excluding carboxylic acids is 1. The van der Waals surface area contributed by atoms with Gasteiger partial charge in [0.15, 0.2) is 0 Å². The number of carboxylic acids is 1. The lowest BCUT2D eigenvalue weighted by atomic mass is 10.0. The van der Waals surface area contributed by atoms with Crippen molar-refractivity contribution in [3.05, 3.63) is 35.6 Å². The highest BCUT2D eigenvalue weighted by Gasteiger charge is 2.25. The van der Waals surface area contributed by atoms with Gasteiger partial charge in [-0.2, -0.15) is 0 Å². The fourth-order valence-corrected chi connectivity index (χ4v) is 1.79. The van der Waals surface area contributed by atoms with Crippen LogP contribution in [0.2, 0.25) is 0 Å². The number of carbonyl (C=O) groups is 2. The van der Waals surface area contributed by atoms with Crippen molar-refractivity contribution in [2.24, 2.45) is 0 Å². The molecule has 0 bridgehead atoms. The predicted molar refractivity (Wildman–Crippen MR) is 72.7 cm³/mol. The summed E-state index contributed by atoms with van der Waals surface area (Å²) in [4.78, 5) is 24.0. The zero-order valence-electron chi connectivity index (χ0n) is 11.8. The molecule has 0 unspecified atom stereocenters. The second kappa shape index (κ2) is 6.36. The van der Waals surface area contributed by atoms with E-state index < -0.39 is 17.5 Å². The smallest absolute Gasteiger partial charge is 0.317 e. The predicted octanol–water partition coefficient (Wildman–Crippen LogP) is 2.22. The van der Waals surface area contributed by atoms with E-state index in [2.05, 4.69) is 5.32 Å². The molecule has 0 fully saturated rings. The fourth-order valence-electron chi connectivity index (χ4n) is 1.79. The molecule has 0 spiro atoms. The lowest BCUT2D eigenvalue weighted by Crippen LogP contribution is -2.49. The summed E-state index contributed by atoms with van der Waals surface area (Å²) in [6.45, 7) is 3.51. The van der Waals surface area contributed by atoms with Crippen molar-refractivity contribution in [1.29, 1.82) is 0 Å². The Balaban J connectivity index is 2.61. The van der Waals surface area contributed by atoms with Gasteiger partial charge >= 0.3 is 12.0 Å². The molecule has 0 saturated carbocycles. The zero-order valence-corrected chi connectivity index (χ0v) is 11.8. The van der Waals surface area contributed by atoms with Crippen molar-refractivity contribution in [2.45, 2.75) is 32.4 Å². The van der Waals surface area contributed by atoms with E-state index >= 15 is 0 Å². The third-order valence-electron chi connectivity index (χ3n) is 2.69. The van der Waals surface area contributed by atoms with Crippen molar-refractivity contribution in [2.75, 3.05) is 7.05 Å². The van der Waals surface area contributed by atoms with Crippen LogP contribution in [0.15, 0.2) is 24.3 Å². The van der Waals surface area contributed by atoms with Gasteiger partial charge in [-0.05, 0) is 31.5 Å². The van der Waals surface area contributed by atoms with Crippen LogP contribution < -0.4 is 5.32 Å². The van der Waals surface area contributed by atoms with Crippen LogP contribution in [0.25, 0.3) is 0 Å². The molecule has 5 nitrogen and oxygen atoms in total. The van der Waals surface area contributed by atoms with Gasteiger partial charge in [0, 0.05) is 19.1 Å². The summed E-state index contributed by atoms with van der Waals surface area (Å²) >= 11 is 0. The summed E-state index contributed by atoms with van der Waals surface area (Å²) in [6.07, 6.45) is -0.174. The molecule has 110 valence electrons. The van der Waals surface area contributed by atoms with E-state index in [1.165, 1.54) is 17.0 Å². The molecule has 0 aliphatic heterocycles. The van der Waals surface area contributed by atoms with E-state index in [1.807, 2.05) is 0 Å². The van der Waals surface area contributed by atoms with Gasteiger partial charge < -0.3 is 15.3 Å². The maximum absolute atomic E-state index is 13.0. The quantitative estimate of drug-likeness (QED) is 0.870. The SMILES string of the molecule is CN(Cc1cccc(F)c1)C(=O)NC(C)(C)CC(=O)O. The average Bonchev–Trinajstić information content (AvgIpc) is 2.26. The van der Waals surface area contributed by atoms with Crippen LogP contribution in [0.3, 0.4) is 0 Å². The van der Waals surface area contributed by atoms with E-state index in [0.717, 1.165) is 0 Å². The number of hydrogen-bond donors (Lipinski definition) is 2. The highest BCUT2D eigenvalue weighted by Crippen LogP contribution is 2.10. The number of amides is 2. The molecular weight excluding hydrogens is 263 g/mol. The summed E-state index contributed by atoms with van der Waals surface area (Å²) in [5.41, 5.74) is -0.183.